The summed E-state index contributed by atoms with van der Waals surface area (Å²) >= 11 is 0. The second-order valence-corrected chi connectivity index (χ2v) is 5.03. The first-order valence-electron chi connectivity index (χ1n) is 5.71. The van der Waals surface area contributed by atoms with E-state index in [1.165, 1.54) is 12.1 Å². The molecule has 1 unspecified atom stereocenters. The van der Waals surface area contributed by atoms with Crippen molar-refractivity contribution in [1.29, 1.82) is 0 Å². The molecule has 3 N–H and O–H groups in total. The monoisotopic (exact) mass is 223 g/mol. The Hall–Kier alpha value is -0.930. The van der Waals surface area contributed by atoms with Crippen molar-refractivity contribution >= 4 is 0 Å². The van der Waals surface area contributed by atoms with E-state index in [-0.39, 0.29) is 11.2 Å². The van der Waals surface area contributed by atoms with Gasteiger partial charge in [-0.1, -0.05) is 19.1 Å². The fourth-order valence-corrected chi connectivity index (χ4v) is 2.83. The molecule has 0 aromatic heterocycles. The van der Waals surface area contributed by atoms with Gasteiger partial charge in [-0.15, -0.1) is 0 Å². The third kappa shape index (κ3) is 1.85. The molecule has 0 spiro atoms. The van der Waals surface area contributed by atoms with E-state index in [0.717, 1.165) is 18.4 Å². The van der Waals surface area contributed by atoms with Crippen LogP contribution >= 0.6 is 0 Å². The highest BCUT2D eigenvalue weighted by Gasteiger charge is 2.46. The van der Waals surface area contributed by atoms with Crippen molar-refractivity contribution in [3.8, 4) is 0 Å². The molecule has 2 rings (SSSR count). The predicted molar refractivity (Wildman–Crippen MR) is 61.2 cm³/mol. The minimum atomic E-state index is -0.575. The summed E-state index contributed by atoms with van der Waals surface area (Å²) in [4.78, 5) is 0. The van der Waals surface area contributed by atoms with E-state index < -0.39 is 6.10 Å². The zero-order chi connectivity index (χ0) is 11.8. The van der Waals surface area contributed by atoms with Crippen LogP contribution in [0.3, 0.4) is 0 Å². The summed E-state index contributed by atoms with van der Waals surface area (Å²) in [6, 6.07) is 6.04. The topological polar surface area (TPSA) is 46.2 Å². The van der Waals surface area contributed by atoms with Crippen molar-refractivity contribution in [2.24, 2.45) is 17.1 Å². The molecule has 1 aromatic rings. The molecule has 1 saturated carbocycles. The molecule has 1 aromatic carbocycles. The maximum atomic E-state index is 12.8. The van der Waals surface area contributed by atoms with E-state index in [4.69, 9.17) is 5.73 Å². The lowest BCUT2D eigenvalue weighted by Gasteiger charge is -2.49. The third-order valence-electron chi connectivity index (χ3n) is 3.68. The average Bonchev–Trinajstić information content (AvgIpc) is 2.24. The van der Waals surface area contributed by atoms with Crippen molar-refractivity contribution < 1.29 is 9.50 Å². The molecular weight excluding hydrogens is 205 g/mol. The lowest BCUT2D eigenvalue weighted by molar-refractivity contribution is -0.0602. The third-order valence-corrected chi connectivity index (χ3v) is 3.68. The van der Waals surface area contributed by atoms with Crippen LogP contribution in [0.4, 0.5) is 4.39 Å². The van der Waals surface area contributed by atoms with Gasteiger partial charge in [0.05, 0.1) is 6.10 Å². The van der Waals surface area contributed by atoms with Crippen LogP contribution in [0.15, 0.2) is 24.3 Å². The van der Waals surface area contributed by atoms with E-state index in [0.29, 0.717) is 12.5 Å². The summed E-state index contributed by atoms with van der Waals surface area (Å²) in [5, 5.41) is 10.3. The van der Waals surface area contributed by atoms with Gasteiger partial charge < -0.3 is 10.8 Å². The molecule has 1 atom stereocenters. The average molecular weight is 223 g/mol. The number of benzene rings is 1. The SMILES string of the molecule is CC1CC(CN)(C(O)c2ccc(F)cc2)C1. The minimum absolute atomic E-state index is 0.197. The number of rotatable bonds is 3. The summed E-state index contributed by atoms with van der Waals surface area (Å²) in [7, 11) is 0. The fourth-order valence-electron chi connectivity index (χ4n) is 2.83. The van der Waals surface area contributed by atoms with Crippen molar-refractivity contribution in [1.82, 2.24) is 0 Å². The Bertz CT molecular complexity index is 357. The van der Waals surface area contributed by atoms with Crippen molar-refractivity contribution in [2.45, 2.75) is 25.9 Å². The van der Waals surface area contributed by atoms with Crippen LogP contribution in [0.25, 0.3) is 0 Å². The van der Waals surface area contributed by atoms with Crippen LogP contribution in [-0.4, -0.2) is 11.7 Å². The maximum absolute atomic E-state index is 12.8. The Kier molecular flexibility index (Phi) is 3.00. The van der Waals surface area contributed by atoms with Gasteiger partial charge in [0, 0.05) is 12.0 Å². The van der Waals surface area contributed by atoms with E-state index in [2.05, 4.69) is 6.92 Å². The molecule has 1 aliphatic rings. The Morgan fingerprint density at radius 2 is 2.00 bits per heavy atom. The number of aliphatic hydroxyl groups is 1. The van der Waals surface area contributed by atoms with Gasteiger partial charge in [-0.3, -0.25) is 0 Å². The van der Waals surface area contributed by atoms with Crippen molar-refractivity contribution in [3.05, 3.63) is 35.6 Å². The molecule has 0 saturated heterocycles. The van der Waals surface area contributed by atoms with Gasteiger partial charge in [0.2, 0.25) is 0 Å². The summed E-state index contributed by atoms with van der Waals surface area (Å²) in [5.41, 5.74) is 6.33. The van der Waals surface area contributed by atoms with Gasteiger partial charge in [0.15, 0.2) is 0 Å². The standard InChI is InChI=1S/C13H18FNO/c1-9-6-13(7-9,8-15)12(16)10-2-4-11(14)5-3-10/h2-5,9,12,16H,6-8,15H2,1H3. The highest BCUT2D eigenvalue weighted by Crippen LogP contribution is 2.52. The summed E-state index contributed by atoms with van der Waals surface area (Å²) < 4.78 is 12.8. The minimum Gasteiger partial charge on any atom is -0.388 e. The molecule has 88 valence electrons. The first-order valence-corrected chi connectivity index (χ1v) is 5.71. The molecule has 16 heavy (non-hydrogen) atoms. The van der Waals surface area contributed by atoms with Gasteiger partial charge in [-0.2, -0.15) is 0 Å². The van der Waals surface area contributed by atoms with Gasteiger partial charge in [0.25, 0.3) is 0 Å². The number of aliphatic hydroxyl groups excluding tert-OH is 1. The molecule has 0 heterocycles. The fraction of sp³-hybridized carbons (Fsp3) is 0.538. The van der Waals surface area contributed by atoms with E-state index >= 15 is 0 Å². The van der Waals surface area contributed by atoms with Gasteiger partial charge >= 0.3 is 0 Å². The highest BCUT2D eigenvalue weighted by atomic mass is 19.1. The normalized spacial score (nSPS) is 30.9. The van der Waals surface area contributed by atoms with Crippen molar-refractivity contribution in [2.75, 3.05) is 6.54 Å². The number of nitrogens with two attached hydrogens (primary N) is 1. The van der Waals surface area contributed by atoms with Crippen LogP contribution in [-0.2, 0) is 0 Å². The maximum Gasteiger partial charge on any atom is 0.123 e. The van der Waals surface area contributed by atoms with Crippen molar-refractivity contribution in [3.63, 3.8) is 0 Å². The second kappa shape index (κ2) is 4.15. The molecule has 1 aliphatic carbocycles. The molecule has 0 bridgehead atoms. The van der Waals surface area contributed by atoms with Gasteiger partial charge in [-0.25, -0.2) is 4.39 Å². The highest BCUT2D eigenvalue weighted by molar-refractivity contribution is 5.22. The molecule has 0 radical (unpaired) electrons. The molecule has 1 fully saturated rings. The largest absolute Gasteiger partial charge is 0.388 e. The summed E-state index contributed by atoms with van der Waals surface area (Å²) in [5.74, 6) is 0.346. The van der Waals surface area contributed by atoms with E-state index in [9.17, 15) is 9.50 Å². The Labute approximate surface area is 95.3 Å². The molecule has 0 aliphatic heterocycles. The lowest BCUT2D eigenvalue weighted by Crippen LogP contribution is -2.46. The molecule has 3 heteroatoms. The summed E-state index contributed by atoms with van der Waals surface area (Å²) in [6.45, 7) is 2.64. The van der Waals surface area contributed by atoms with Crippen LogP contribution in [0.1, 0.15) is 31.4 Å². The summed E-state index contributed by atoms with van der Waals surface area (Å²) in [6.07, 6.45) is 1.32. The van der Waals surface area contributed by atoms with Crippen LogP contribution in [0.2, 0.25) is 0 Å². The van der Waals surface area contributed by atoms with Crippen LogP contribution < -0.4 is 5.73 Å². The second-order valence-electron chi connectivity index (χ2n) is 5.03. The van der Waals surface area contributed by atoms with Crippen LogP contribution in [0, 0.1) is 17.2 Å². The lowest BCUT2D eigenvalue weighted by atomic mass is 9.58. The van der Waals surface area contributed by atoms with Gasteiger partial charge in [0.1, 0.15) is 5.82 Å². The molecular formula is C13H18FNO. The number of hydrogen-bond donors (Lipinski definition) is 2. The van der Waals surface area contributed by atoms with E-state index in [1.54, 1.807) is 12.1 Å². The Balaban J connectivity index is 2.18. The smallest absolute Gasteiger partial charge is 0.123 e. The quantitative estimate of drug-likeness (QED) is 0.825. The van der Waals surface area contributed by atoms with Crippen LogP contribution in [0.5, 0.6) is 0 Å². The predicted octanol–water partition coefficient (Wildman–Crippen LogP) is 2.23. The Morgan fingerprint density at radius 3 is 2.44 bits per heavy atom. The number of hydrogen-bond acceptors (Lipinski definition) is 2. The zero-order valence-electron chi connectivity index (χ0n) is 9.49. The zero-order valence-corrected chi connectivity index (χ0v) is 9.49. The first kappa shape index (κ1) is 11.6. The molecule has 2 nitrogen and oxygen atoms in total. The van der Waals surface area contributed by atoms with Gasteiger partial charge in [-0.05, 0) is 36.5 Å². The van der Waals surface area contributed by atoms with E-state index in [1.807, 2.05) is 0 Å². The molecule has 0 amide bonds. The Morgan fingerprint density at radius 1 is 1.44 bits per heavy atom. The number of halogens is 1. The first-order chi connectivity index (χ1) is 7.57.